The van der Waals surface area contributed by atoms with Crippen LogP contribution in [0.25, 0.3) is 0 Å². The van der Waals surface area contributed by atoms with Gasteiger partial charge in [0.25, 0.3) is 0 Å². The summed E-state index contributed by atoms with van der Waals surface area (Å²) in [5, 5.41) is 0. The Kier molecular flexibility index (Phi) is 0.984. The van der Waals surface area contributed by atoms with Crippen molar-refractivity contribution in [1.29, 1.82) is 0 Å². The van der Waals surface area contributed by atoms with E-state index in [2.05, 4.69) is 0 Å². The molecule has 0 aromatic heterocycles. The van der Waals surface area contributed by atoms with Crippen LogP contribution in [0.5, 0.6) is 0 Å². The fourth-order valence-corrected chi connectivity index (χ4v) is 3.29. The first kappa shape index (κ1) is 6.04. The summed E-state index contributed by atoms with van der Waals surface area (Å²) in [6, 6.07) is 0. The SMILES string of the molecule is O=C1OC[C@H]2[C@@H]3CC[C@@H](C3)[C@@H]12. The summed E-state index contributed by atoms with van der Waals surface area (Å²) in [6.07, 6.45) is 3.94. The lowest BCUT2D eigenvalue weighted by molar-refractivity contribution is -0.142. The monoisotopic (exact) mass is 152 g/mol. The van der Waals surface area contributed by atoms with Gasteiger partial charge in [0.05, 0.1) is 12.5 Å². The standard InChI is InChI=1S/C9H12O2/c10-9-8-6-2-1-5(3-6)7(8)4-11-9/h5-8H,1-4H2/t5-,6+,7+,8-/m1/s1. The van der Waals surface area contributed by atoms with Gasteiger partial charge in [0.2, 0.25) is 0 Å². The molecule has 0 spiro atoms. The Bertz CT molecular complexity index is 212. The van der Waals surface area contributed by atoms with Gasteiger partial charge in [0, 0.05) is 5.92 Å². The van der Waals surface area contributed by atoms with Crippen molar-refractivity contribution in [1.82, 2.24) is 0 Å². The van der Waals surface area contributed by atoms with Gasteiger partial charge in [-0.2, -0.15) is 0 Å². The summed E-state index contributed by atoms with van der Waals surface area (Å²) in [4.78, 5) is 11.2. The average molecular weight is 152 g/mol. The first-order valence-corrected chi connectivity index (χ1v) is 4.53. The Hall–Kier alpha value is -0.530. The molecule has 1 heterocycles. The molecule has 0 amide bonds. The zero-order valence-electron chi connectivity index (χ0n) is 6.45. The molecule has 0 aromatic rings. The normalized spacial score (nSPS) is 52.9. The molecule has 1 saturated heterocycles. The third-order valence-electron chi connectivity index (χ3n) is 3.78. The Morgan fingerprint density at radius 3 is 2.91 bits per heavy atom. The van der Waals surface area contributed by atoms with E-state index < -0.39 is 0 Å². The molecule has 0 radical (unpaired) electrons. The molecule has 1 aliphatic heterocycles. The third kappa shape index (κ3) is 0.608. The van der Waals surface area contributed by atoms with Crippen molar-refractivity contribution in [2.45, 2.75) is 19.3 Å². The summed E-state index contributed by atoms with van der Waals surface area (Å²) in [6.45, 7) is 0.727. The van der Waals surface area contributed by atoms with Crippen molar-refractivity contribution in [2.75, 3.05) is 6.61 Å². The van der Waals surface area contributed by atoms with Gasteiger partial charge in [-0.1, -0.05) is 0 Å². The summed E-state index contributed by atoms with van der Waals surface area (Å²) >= 11 is 0. The minimum atomic E-state index is 0.0993. The molecule has 11 heavy (non-hydrogen) atoms. The van der Waals surface area contributed by atoms with E-state index in [1.807, 2.05) is 0 Å². The smallest absolute Gasteiger partial charge is 0.309 e. The van der Waals surface area contributed by atoms with Crippen LogP contribution in [0.1, 0.15) is 19.3 Å². The van der Waals surface area contributed by atoms with Gasteiger partial charge in [-0.15, -0.1) is 0 Å². The molecule has 0 N–H and O–H groups in total. The van der Waals surface area contributed by atoms with E-state index in [4.69, 9.17) is 4.74 Å². The molecular weight excluding hydrogens is 140 g/mol. The molecule has 3 rings (SSSR count). The van der Waals surface area contributed by atoms with E-state index in [1.54, 1.807) is 0 Å². The molecule has 60 valence electrons. The number of carbonyl (C=O) groups excluding carboxylic acids is 1. The summed E-state index contributed by atoms with van der Waals surface area (Å²) in [7, 11) is 0. The summed E-state index contributed by atoms with van der Waals surface area (Å²) in [5.74, 6) is 2.55. The van der Waals surface area contributed by atoms with Gasteiger partial charge in [0.1, 0.15) is 0 Å². The summed E-state index contributed by atoms with van der Waals surface area (Å²) < 4.78 is 5.06. The first-order chi connectivity index (χ1) is 5.36. The highest BCUT2D eigenvalue weighted by atomic mass is 16.5. The van der Waals surface area contributed by atoms with Crippen LogP contribution in [0.15, 0.2) is 0 Å². The Balaban J connectivity index is 1.97. The highest BCUT2D eigenvalue weighted by Crippen LogP contribution is 2.54. The minimum absolute atomic E-state index is 0.0993. The second kappa shape index (κ2) is 1.79. The Morgan fingerprint density at radius 1 is 1.27 bits per heavy atom. The van der Waals surface area contributed by atoms with E-state index in [0.717, 1.165) is 12.5 Å². The van der Waals surface area contributed by atoms with E-state index >= 15 is 0 Å². The van der Waals surface area contributed by atoms with E-state index in [9.17, 15) is 4.79 Å². The fourth-order valence-electron chi connectivity index (χ4n) is 3.29. The maximum Gasteiger partial charge on any atom is 0.309 e. The lowest BCUT2D eigenvalue weighted by Gasteiger charge is -2.19. The second-order valence-electron chi connectivity index (χ2n) is 4.15. The predicted octanol–water partition coefficient (Wildman–Crippen LogP) is 1.21. The number of carbonyl (C=O) groups is 1. The van der Waals surface area contributed by atoms with Crippen LogP contribution in [-0.4, -0.2) is 12.6 Å². The molecule has 4 atom stereocenters. The van der Waals surface area contributed by atoms with Crippen LogP contribution < -0.4 is 0 Å². The molecule has 0 aromatic carbocycles. The van der Waals surface area contributed by atoms with Gasteiger partial charge in [-0.05, 0) is 31.1 Å². The van der Waals surface area contributed by atoms with Crippen LogP contribution in [0, 0.1) is 23.7 Å². The minimum Gasteiger partial charge on any atom is -0.465 e. The molecule has 3 fully saturated rings. The van der Waals surface area contributed by atoms with E-state index in [1.165, 1.54) is 19.3 Å². The van der Waals surface area contributed by atoms with E-state index in [0.29, 0.717) is 17.8 Å². The van der Waals surface area contributed by atoms with Gasteiger partial charge in [0.15, 0.2) is 0 Å². The van der Waals surface area contributed by atoms with Crippen LogP contribution in [0.2, 0.25) is 0 Å². The highest BCUT2D eigenvalue weighted by Gasteiger charge is 2.54. The number of cyclic esters (lactones) is 1. The lowest BCUT2D eigenvalue weighted by Crippen LogP contribution is -2.22. The number of hydrogen-bond acceptors (Lipinski definition) is 2. The average Bonchev–Trinajstić information content (AvgIpc) is 2.60. The van der Waals surface area contributed by atoms with Gasteiger partial charge in [-0.3, -0.25) is 4.79 Å². The zero-order chi connectivity index (χ0) is 7.42. The molecule has 2 aliphatic carbocycles. The van der Waals surface area contributed by atoms with Crippen molar-refractivity contribution in [3.63, 3.8) is 0 Å². The number of hydrogen-bond donors (Lipinski definition) is 0. The maximum atomic E-state index is 11.2. The van der Waals surface area contributed by atoms with E-state index in [-0.39, 0.29) is 5.97 Å². The van der Waals surface area contributed by atoms with Crippen molar-refractivity contribution in [3.05, 3.63) is 0 Å². The van der Waals surface area contributed by atoms with Gasteiger partial charge < -0.3 is 4.74 Å². The zero-order valence-corrected chi connectivity index (χ0v) is 6.45. The predicted molar refractivity (Wildman–Crippen MR) is 38.8 cm³/mol. The number of esters is 1. The Morgan fingerprint density at radius 2 is 2.09 bits per heavy atom. The number of fused-ring (bicyclic) bond motifs is 5. The number of rotatable bonds is 0. The van der Waals surface area contributed by atoms with Gasteiger partial charge in [-0.25, -0.2) is 0 Å². The quantitative estimate of drug-likeness (QED) is 0.487. The highest BCUT2D eigenvalue weighted by molar-refractivity contribution is 5.75. The molecular formula is C9H12O2. The Labute approximate surface area is 65.9 Å². The van der Waals surface area contributed by atoms with Crippen molar-refractivity contribution < 1.29 is 9.53 Å². The topological polar surface area (TPSA) is 26.3 Å². The molecule has 3 aliphatic rings. The van der Waals surface area contributed by atoms with Crippen LogP contribution in [-0.2, 0) is 9.53 Å². The fraction of sp³-hybridized carbons (Fsp3) is 0.889. The van der Waals surface area contributed by atoms with Crippen molar-refractivity contribution in [2.24, 2.45) is 23.7 Å². The molecule has 2 bridgehead atoms. The van der Waals surface area contributed by atoms with Crippen LogP contribution >= 0.6 is 0 Å². The first-order valence-electron chi connectivity index (χ1n) is 4.53. The van der Waals surface area contributed by atoms with Crippen molar-refractivity contribution >= 4 is 5.97 Å². The maximum absolute atomic E-state index is 11.2. The number of ether oxygens (including phenoxy) is 1. The third-order valence-corrected chi connectivity index (χ3v) is 3.78. The summed E-state index contributed by atoms with van der Waals surface area (Å²) in [5.41, 5.74) is 0. The van der Waals surface area contributed by atoms with Crippen LogP contribution in [0.3, 0.4) is 0 Å². The van der Waals surface area contributed by atoms with Gasteiger partial charge >= 0.3 is 5.97 Å². The molecule has 2 heteroatoms. The lowest BCUT2D eigenvalue weighted by atomic mass is 9.81. The van der Waals surface area contributed by atoms with Crippen LogP contribution in [0.4, 0.5) is 0 Å². The molecule has 2 nitrogen and oxygen atoms in total. The van der Waals surface area contributed by atoms with Crippen molar-refractivity contribution in [3.8, 4) is 0 Å². The molecule has 0 unspecified atom stereocenters. The molecule has 2 saturated carbocycles. The largest absolute Gasteiger partial charge is 0.465 e. The second-order valence-corrected chi connectivity index (χ2v) is 4.15.